The van der Waals surface area contributed by atoms with Crippen LogP contribution in [0, 0.1) is 0 Å². The van der Waals surface area contributed by atoms with E-state index >= 15 is 0 Å². The predicted octanol–water partition coefficient (Wildman–Crippen LogP) is 4.51. The summed E-state index contributed by atoms with van der Waals surface area (Å²) in [7, 11) is 3.19. The molecule has 1 amide bonds. The number of rotatable bonds is 7. The fourth-order valence-corrected chi connectivity index (χ4v) is 2.88. The molecular formula is C22H23N3O3. The molecule has 3 aromatic rings. The van der Waals surface area contributed by atoms with E-state index < -0.39 is 0 Å². The second-order valence-electron chi connectivity index (χ2n) is 6.01. The Morgan fingerprint density at radius 1 is 1.04 bits per heavy atom. The molecule has 144 valence electrons. The van der Waals surface area contributed by atoms with Crippen molar-refractivity contribution in [1.29, 1.82) is 0 Å². The van der Waals surface area contributed by atoms with Crippen molar-refractivity contribution in [2.75, 3.05) is 31.0 Å². The van der Waals surface area contributed by atoms with E-state index in [0.29, 0.717) is 29.4 Å². The summed E-state index contributed by atoms with van der Waals surface area (Å²) in [6.07, 6.45) is 1.62. The first-order valence-corrected chi connectivity index (χ1v) is 8.98. The minimum Gasteiger partial charge on any atom is -0.497 e. The lowest BCUT2D eigenvalue weighted by Gasteiger charge is -2.21. The molecule has 28 heavy (non-hydrogen) atoms. The zero-order valence-corrected chi connectivity index (χ0v) is 16.2. The van der Waals surface area contributed by atoms with Gasteiger partial charge in [0.05, 0.1) is 19.9 Å². The Bertz CT molecular complexity index is 945. The number of nitrogens with zero attached hydrogens (tertiary/aromatic N) is 2. The molecule has 0 radical (unpaired) electrons. The second-order valence-corrected chi connectivity index (χ2v) is 6.01. The average molecular weight is 377 g/mol. The van der Waals surface area contributed by atoms with Gasteiger partial charge in [0.2, 0.25) is 0 Å². The summed E-state index contributed by atoms with van der Waals surface area (Å²) in [5.41, 5.74) is 2.14. The number of ether oxygens (including phenoxy) is 2. The molecule has 1 aromatic heterocycles. The summed E-state index contributed by atoms with van der Waals surface area (Å²) in [5.74, 6) is 1.79. The number of aromatic nitrogens is 1. The highest BCUT2D eigenvalue weighted by Crippen LogP contribution is 2.31. The van der Waals surface area contributed by atoms with Crippen LogP contribution >= 0.6 is 0 Å². The van der Waals surface area contributed by atoms with Crippen LogP contribution in [0.15, 0.2) is 66.9 Å². The molecular weight excluding hydrogens is 354 g/mol. The molecule has 3 rings (SSSR count). The molecule has 0 saturated carbocycles. The maximum atomic E-state index is 13.0. The predicted molar refractivity (Wildman–Crippen MR) is 111 cm³/mol. The van der Waals surface area contributed by atoms with Crippen LogP contribution < -0.4 is 19.7 Å². The van der Waals surface area contributed by atoms with E-state index in [1.165, 1.54) is 0 Å². The van der Waals surface area contributed by atoms with Gasteiger partial charge in [0, 0.05) is 30.1 Å². The Hall–Kier alpha value is -3.54. The van der Waals surface area contributed by atoms with Gasteiger partial charge in [0.1, 0.15) is 17.3 Å². The van der Waals surface area contributed by atoms with Crippen molar-refractivity contribution in [3.05, 3.63) is 72.4 Å². The van der Waals surface area contributed by atoms with E-state index in [1.807, 2.05) is 49.4 Å². The molecule has 0 fully saturated rings. The van der Waals surface area contributed by atoms with E-state index in [9.17, 15) is 4.79 Å². The van der Waals surface area contributed by atoms with Gasteiger partial charge in [-0.05, 0) is 43.3 Å². The van der Waals surface area contributed by atoms with Gasteiger partial charge in [-0.1, -0.05) is 18.2 Å². The Labute approximate surface area is 164 Å². The molecule has 2 aromatic carbocycles. The van der Waals surface area contributed by atoms with E-state index in [4.69, 9.17) is 9.47 Å². The molecule has 6 nitrogen and oxygen atoms in total. The quantitative estimate of drug-likeness (QED) is 0.656. The number of carbonyl (C=O) groups excluding carboxylic acids is 1. The van der Waals surface area contributed by atoms with Crippen molar-refractivity contribution >= 4 is 23.1 Å². The molecule has 1 N–H and O–H groups in total. The lowest BCUT2D eigenvalue weighted by molar-refractivity contribution is 0.0988. The largest absolute Gasteiger partial charge is 0.497 e. The number of hydrogen-bond donors (Lipinski definition) is 1. The molecule has 0 spiro atoms. The van der Waals surface area contributed by atoms with Gasteiger partial charge in [0.15, 0.2) is 0 Å². The highest BCUT2D eigenvalue weighted by molar-refractivity contribution is 6.06. The Balaban J connectivity index is 1.85. The molecule has 0 bridgehead atoms. The fourth-order valence-electron chi connectivity index (χ4n) is 2.88. The van der Waals surface area contributed by atoms with Crippen molar-refractivity contribution in [2.24, 2.45) is 0 Å². The van der Waals surface area contributed by atoms with Crippen molar-refractivity contribution < 1.29 is 14.3 Å². The SMILES string of the molecule is CCN(C(=O)c1ccnc(Nc2ccc(OC)cc2OC)c1)c1ccccc1. The Morgan fingerprint density at radius 2 is 1.82 bits per heavy atom. The minimum absolute atomic E-state index is 0.0826. The maximum absolute atomic E-state index is 13.0. The van der Waals surface area contributed by atoms with E-state index in [-0.39, 0.29) is 5.91 Å². The summed E-state index contributed by atoms with van der Waals surface area (Å²) in [4.78, 5) is 19.1. The monoisotopic (exact) mass is 377 g/mol. The number of methoxy groups -OCH3 is 2. The zero-order chi connectivity index (χ0) is 19.9. The van der Waals surface area contributed by atoms with Gasteiger partial charge in [-0.2, -0.15) is 0 Å². The van der Waals surface area contributed by atoms with Gasteiger partial charge in [-0.3, -0.25) is 4.79 Å². The third kappa shape index (κ3) is 4.23. The van der Waals surface area contributed by atoms with Gasteiger partial charge in [-0.15, -0.1) is 0 Å². The normalized spacial score (nSPS) is 10.2. The molecule has 0 atom stereocenters. The molecule has 6 heteroatoms. The number of benzene rings is 2. The number of pyridine rings is 1. The van der Waals surface area contributed by atoms with Crippen molar-refractivity contribution in [3.63, 3.8) is 0 Å². The van der Waals surface area contributed by atoms with Crippen LogP contribution in [0.5, 0.6) is 11.5 Å². The molecule has 0 aliphatic rings. The van der Waals surface area contributed by atoms with Gasteiger partial charge in [0.25, 0.3) is 5.91 Å². The first-order valence-electron chi connectivity index (χ1n) is 8.98. The molecule has 0 aliphatic heterocycles. The van der Waals surface area contributed by atoms with E-state index in [2.05, 4.69) is 10.3 Å². The van der Waals surface area contributed by atoms with Gasteiger partial charge >= 0.3 is 0 Å². The highest BCUT2D eigenvalue weighted by atomic mass is 16.5. The molecule has 0 saturated heterocycles. The van der Waals surface area contributed by atoms with Crippen LogP contribution in [-0.4, -0.2) is 31.7 Å². The number of amides is 1. The number of para-hydroxylation sites is 1. The first kappa shape index (κ1) is 19.2. The second kappa shape index (κ2) is 8.90. The van der Waals surface area contributed by atoms with Crippen LogP contribution in [0.1, 0.15) is 17.3 Å². The summed E-state index contributed by atoms with van der Waals surface area (Å²) in [6.45, 7) is 2.52. The van der Waals surface area contributed by atoms with Crippen LogP contribution in [0.4, 0.5) is 17.2 Å². The third-order valence-corrected chi connectivity index (χ3v) is 4.31. The summed E-state index contributed by atoms with van der Waals surface area (Å²) >= 11 is 0. The van der Waals surface area contributed by atoms with Gasteiger partial charge < -0.3 is 19.7 Å². The lowest BCUT2D eigenvalue weighted by Crippen LogP contribution is -2.30. The minimum atomic E-state index is -0.0826. The average Bonchev–Trinajstić information content (AvgIpc) is 2.75. The van der Waals surface area contributed by atoms with Crippen molar-refractivity contribution in [3.8, 4) is 11.5 Å². The number of hydrogen-bond acceptors (Lipinski definition) is 5. The van der Waals surface area contributed by atoms with Crippen LogP contribution in [-0.2, 0) is 0 Å². The van der Waals surface area contributed by atoms with Crippen LogP contribution in [0.25, 0.3) is 0 Å². The van der Waals surface area contributed by atoms with Gasteiger partial charge in [-0.25, -0.2) is 4.98 Å². The Morgan fingerprint density at radius 3 is 2.50 bits per heavy atom. The summed E-state index contributed by atoms with van der Waals surface area (Å²) < 4.78 is 10.6. The van der Waals surface area contributed by atoms with E-state index in [1.54, 1.807) is 43.5 Å². The van der Waals surface area contributed by atoms with Crippen molar-refractivity contribution in [1.82, 2.24) is 4.98 Å². The lowest BCUT2D eigenvalue weighted by atomic mass is 10.2. The van der Waals surface area contributed by atoms with Crippen LogP contribution in [0.3, 0.4) is 0 Å². The molecule has 0 aliphatic carbocycles. The topological polar surface area (TPSA) is 63.7 Å². The zero-order valence-electron chi connectivity index (χ0n) is 16.2. The number of carbonyl (C=O) groups is 1. The van der Waals surface area contributed by atoms with E-state index in [0.717, 1.165) is 11.4 Å². The van der Waals surface area contributed by atoms with Crippen molar-refractivity contribution in [2.45, 2.75) is 6.92 Å². The first-order chi connectivity index (χ1) is 13.7. The fraction of sp³-hybridized carbons (Fsp3) is 0.182. The smallest absolute Gasteiger partial charge is 0.258 e. The summed E-state index contributed by atoms with van der Waals surface area (Å²) in [5, 5.41) is 3.20. The maximum Gasteiger partial charge on any atom is 0.258 e. The standard InChI is InChI=1S/C22H23N3O3/c1-4-25(17-8-6-5-7-9-17)22(26)16-12-13-23-21(14-16)24-19-11-10-18(27-2)15-20(19)28-3/h5-15H,4H2,1-3H3,(H,23,24). The molecule has 0 unspecified atom stereocenters. The summed E-state index contributed by atoms with van der Waals surface area (Å²) in [6, 6.07) is 18.5. The van der Waals surface area contributed by atoms with Crippen LogP contribution in [0.2, 0.25) is 0 Å². The third-order valence-electron chi connectivity index (χ3n) is 4.31. The highest BCUT2D eigenvalue weighted by Gasteiger charge is 2.17. The molecule has 1 heterocycles. The number of nitrogens with one attached hydrogen (secondary N) is 1. The Kier molecular flexibility index (Phi) is 6.11. The number of anilines is 3.